The topological polar surface area (TPSA) is 90.7 Å². The zero-order chi connectivity index (χ0) is 17.6. The molecule has 0 aliphatic heterocycles. The number of carbonyl (C=O) groups is 1. The van der Waals surface area contributed by atoms with Gasteiger partial charge in [0.25, 0.3) is 5.91 Å². The molecule has 0 atom stereocenters. The molecule has 0 saturated heterocycles. The van der Waals surface area contributed by atoms with E-state index in [0.717, 1.165) is 0 Å². The van der Waals surface area contributed by atoms with Crippen LogP contribution in [-0.2, 0) is 0 Å². The van der Waals surface area contributed by atoms with Crippen molar-refractivity contribution in [3.05, 3.63) is 77.3 Å². The summed E-state index contributed by atoms with van der Waals surface area (Å²) in [5.41, 5.74) is 2.68. The number of hydrogen-bond acceptors (Lipinski definition) is 5. The van der Waals surface area contributed by atoms with E-state index in [4.69, 9.17) is 16.9 Å². The lowest BCUT2D eigenvalue weighted by Crippen LogP contribution is -2.12. The minimum Gasteiger partial charge on any atom is -0.352 e. The number of aromatic nitrogens is 2. The van der Waals surface area contributed by atoms with Crippen LogP contribution in [0.4, 0.5) is 17.1 Å². The highest BCUT2D eigenvalue weighted by molar-refractivity contribution is 6.33. The van der Waals surface area contributed by atoms with Gasteiger partial charge in [-0.05, 0) is 36.4 Å². The summed E-state index contributed by atoms with van der Waals surface area (Å²) in [5.74, 6) is -0.312. The zero-order valence-corrected chi connectivity index (χ0v) is 13.7. The third-order valence-electron chi connectivity index (χ3n) is 3.32. The first-order valence-corrected chi connectivity index (χ1v) is 7.66. The van der Waals surface area contributed by atoms with E-state index in [1.54, 1.807) is 48.8 Å². The molecule has 1 amide bonds. The highest BCUT2D eigenvalue weighted by Crippen LogP contribution is 2.28. The molecule has 2 aromatic carbocycles. The number of benzene rings is 2. The van der Waals surface area contributed by atoms with Gasteiger partial charge < -0.3 is 10.6 Å². The summed E-state index contributed by atoms with van der Waals surface area (Å²) < 4.78 is 0. The number of halogens is 1. The number of amides is 1. The zero-order valence-electron chi connectivity index (χ0n) is 12.9. The first kappa shape index (κ1) is 16.4. The molecule has 0 fully saturated rings. The molecule has 1 heterocycles. The molecule has 7 heteroatoms. The lowest BCUT2D eigenvalue weighted by atomic mass is 10.1. The van der Waals surface area contributed by atoms with Gasteiger partial charge in [0.2, 0.25) is 0 Å². The molecule has 0 spiro atoms. The summed E-state index contributed by atoms with van der Waals surface area (Å²) >= 11 is 6.19. The summed E-state index contributed by atoms with van der Waals surface area (Å²) in [6.45, 7) is 0. The van der Waals surface area contributed by atoms with Gasteiger partial charge in [0.1, 0.15) is 6.33 Å². The van der Waals surface area contributed by atoms with Gasteiger partial charge in [-0.1, -0.05) is 17.7 Å². The van der Waals surface area contributed by atoms with E-state index in [9.17, 15) is 4.79 Å². The van der Waals surface area contributed by atoms with Crippen molar-refractivity contribution in [2.45, 2.75) is 0 Å². The molecule has 3 rings (SSSR count). The number of rotatable bonds is 4. The fourth-order valence-electron chi connectivity index (χ4n) is 2.15. The highest BCUT2D eigenvalue weighted by atomic mass is 35.5. The van der Waals surface area contributed by atoms with Crippen molar-refractivity contribution < 1.29 is 4.79 Å². The van der Waals surface area contributed by atoms with Crippen LogP contribution in [0, 0.1) is 11.3 Å². The average Bonchev–Trinajstić information content (AvgIpc) is 2.65. The molecule has 1 aromatic heterocycles. The molecular weight excluding hydrogens is 338 g/mol. The number of nitrogens with zero attached hydrogens (tertiary/aromatic N) is 3. The Morgan fingerprint density at radius 1 is 1.08 bits per heavy atom. The summed E-state index contributed by atoms with van der Waals surface area (Å²) in [4.78, 5) is 20.2. The molecule has 0 saturated carbocycles. The molecule has 0 bridgehead atoms. The third-order valence-corrected chi connectivity index (χ3v) is 3.65. The van der Waals surface area contributed by atoms with E-state index in [0.29, 0.717) is 33.2 Å². The van der Waals surface area contributed by atoms with E-state index < -0.39 is 0 Å². The van der Waals surface area contributed by atoms with Crippen LogP contribution in [0.1, 0.15) is 15.9 Å². The van der Waals surface area contributed by atoms with Crippen LogP contribution >= 0.6 is 11.6 Å². The number of nitrogens with one attached hydrogen (secondary N) is 2. The molecule has 25 heavy (non-hydrogen) atoms. The molecule has 3 aromatic rings. The Balaban J connectivity index is 1.80. The first-order valence-electron chi connectivity index (χ1n) is 7.29. The van der Waals surface area contributed by atoms with E-state index in [-0.39, 0.29) is 5.91 Å². The van der Waals surface area contributed by atoms with Gasteiger partial charge in [-0.15, -0.1) is 0 Å². The minimum absolute atomic E-state index is 0.312. The van der Waals surface area contributed by atoms with Gasteiger partial charge in [-0.2, -0.15) is 5.26 Å². The van der Waals surface area contributed by atoms with Crippen molar-refractivity contribution in [1.29, 1.82) is 5.26 Å². The van der Waals surface area contributed by atoms with Crippen molar-refractivity contribution in [3.63, 3.8) is 0 Å². The van der Waals surface area contributed by atoms with E-state index in [2.05, 4.69) is 20.6 Å². The maximum absolute atomic E-state index is 12.3. The Labute approximate surface area is 149 Å². The maximum Gasteiger partial charge on any atom is 0.255 e. The Bertz CT molecular complexity index is 953. The Kier molecular flexibility index (Phi) is 4.88. The monoisotopic (exact) mass is 349 g/mol. The van der Waals surface area contributed by atoms with Gasteiger partial charge in [0.15, 0.2) is 0 Å². The second kappa shape index (κ2) is 7.43. The number of anilines is 3. The van der Waals surface area contributed by atoms with Gasteiger partial charge in [-0.25, -0.2) is 9.97 Å². The van der Waals surface area contributed by atoms with Gasteiger partial charge in [0, 0.05) is 11.3 Å². The summed E-state index contributed by atoms with van der Waals surface area (Å²) in [5, 5.41) is 15.3. The molecule has 0 radical (unpaired) electrons. The Hall–Kier alpha value is -3.43. The summed E-state index contributed by atoms with van der Waals surface area (Å²) in [6, 6.07) is 13.6. The minimum atomic E-state index is -0.312. The quantitative estimate of drug-likeness (QED) is 0.743. The molecule has 0 aliphatic rings. The average molecular weight is 350 g/mol. The SMILES string of the molecule is N#Cc1cccc(C(=O)Nc2ccc(Cl)c(Nc3cncnc3)c2)c1. The predicted molar refractivity (Wildman–Crippen MR) is 95.9 cm³/mol. The Morgan fingerprint density at radius 3 is 2.64 bits per heavy atom. The molecule has 122 valence electrons. The third kappa shape index (κ3) is 4.10. The normalized spacial score (nSPS) is 9.92. The van der Waals surface area contributed by atoms with Crippen LogP contribution in [0.25, 0.3) is 0 Å². The molecular formula is C18H12ClN5O. The smallest absolute Gasteiger partial charge is 0.255 e. The van der Waals surface area contributed by atoms with Crippen molar-refractivity contribution >= 4 is 34.6 Å². The number of hydrogen-bond donors (Lipinski definition) is 2. The standard InChI is InChI=1S/C18H12ClN5O/c19-16-5-4-14(7-17(16)23-15-9-21-11-22-10-15)24-18(25)13-3-1-2-12(6-13)8-20/h1-7,9-11,23H,(H,24,25). The van der Waals surface area contributed by atoms with Crippen molar-refractivity contribution in [2.24, 2.45) is 0 Å². The molecule has 0 aliphatic carbocycles. The van der Waals surface area contributed by atoms with E-state index in [1.165, 1.54) is 12.4 Å². The number of carbonyl (C=O) groups excluding carboxylic acids is 1. The van der Waals surface area contributed by atoms with Crippen LogP contribution in [0.5, 0.6) is 0 Å². The van der Waals surface area contributed by atoms with Crippen LogP contribution in [0.15, 0.2) is 61.2 Å². The largest absolute Gasteiger partial charge is 0.352 e. The van der Waals surface area contributed by atoms with Crippen LogP contribution < -0.4 is 10.6 Å². The molecule has 6 nitrogen and oxygen atoms in total. The summed E-state index contributed by atoms with van der Waals surface area (Å²) in [6.07, 6.45) is 4.66. The fraction of sp³-hybridized carbons (Fsp3) is 0. The second-order valence-electron chi connectivity index (χ2n) is 5.09. The highest BCUT2D eigenvalue weighted by Gasteiger charge is 2.09. The number of nitriles is 1. The predicted octanol–water partition coefficient (Wildman–Crippen LogP) is 4.00. The van der Waals surface area contributed by atoms with Crippen LogP contribution in [0.3, 0.4) is 0 Å². The van der Waals surface area contributed by atoms with Crippen LogP contribution in [-0.4, -0.2) is 15.9 Å². The van der Waals surface area contributed by atoms with Gasteiger partial charge >= 0.3 is 0 Å². The first-order chi connectivity index (χ1) is 12.2. The molecule has 0 unspecified atom stereocenters. The van der Waals surface area contributed by atoms with Gasteiger partial charge in [-0.3, -0.25) is 4.79 Å². The summed E-state index contributed by atoms with van der Waals surface area (Å²) in [7, 11) is 0. The lowest BCUT2D eigenvalue weighted by molar-refractivity contribution is 0.102. The molecule has 2 N–H and O–H groups in total. The lowest BCUT2D eigenvalue weighted by Gasteiger charge is -2.11. The van der Waals surface area contributed by atoms with Crippen molar-refractivity contribution in [2.75, 3.05) is 10.6 Å². The Morgan fingerprint density at radius 2 is 1.88 bits per heavy atom. The van der Waals surface area contributed by atoms with E-state index >= 15 is 0 Å². The fourth-order valence-corrected chi connectivity index (χ4v) is 2.32. The van der Waals surface area contributed by atoms with Crippen LogP contribution in [0.2, 0.25) is 5.02 Å². The van der Waals surface area contributed by atoms with Crippen molar-refractivity contribution in [1.82, 2.24) is 9.97 Å². The van der Waals surface area contributed by atoms with E-state index in [1.807, 2.05) is 6.07 Å². The van der Waals surface area contributed by atoms with Crippen molar-refractivity contribution in [3.8, 4) is 6.07 Å². The maximum atomic E-state index is 12.3. The second-order valence-corrected chi connectivity index (χ2v) is 5.50. The van der Waals surface area contributed by atoms with Gasteiger partial charge in [0.05, 0.1) is 40.4 Å².